The van der Waals surface area contributed by atoms with Gasteiger partial charge in [-0.15, -0.1) is 0 Å². The Kier molecular flexibility index (Phi) is 5.66. The predicted molar refractivity (Wildman–Crippen MR) is 89.4 cm³/mol. The molecule has 0 spiro atoms. The Hall–Kier alpha value is -2.57. The van der Waals surface area contributed by atoms with Crippen LogP contribution >= 0.6 is 0 Å². The predicted octanol–water partition coefficient (Wildman–Crippen LogP) is 3.53. The van der Waals surface area contributed by atoms with Gasteiger partial charge in [0.05, 0.1) is 6.10 Å². The highest BCUT2D eigenvalue weighted by Gasteiger charge is 2.39. The Balaban J connectivity index is 2.25. The highest BCUT2D eigenvalue weighted by molar-refractivity contribution is 6.15. The van der Waals surface area contributed by atoms with E-state index in [-0.39, 0.29) is 17.4 Å². The summed E-state index contributed by atoms with van der Waals surface area (Å²) in [4.78, 5) is 23.9. The molecule has 1 fully saturated rings. The fourth-order valence-corrected chi connectivity index (χ4v) is 2.30. The van der Waals surface area contributed by atoms with Crippen LogP contribution in [0.15, 0.2) is 30.0 Å². The van der Waals surface area contributed by atoms with E-state index in [2.05, 4.69) is 5.32 Å². The van der Waals surface area contributed by atoms with Gasteiger partial charge in [-0.05, 0) is 25.0 Å². The summed E-state index contributed by atoms with van der Waals surface area (Å²) in [5.41, 5.74) is -0.316. The van der Waals surface area contributed by atoms with Crippen molar-refractivity contribution < 1.29 is 28.2 Å². The van der Waals surface area contributed by atoms with Crippen molar-refractivity contribution >= 4 is 17.6 Å². The number of hydrogen-bond acceptors (Lipinski definition) is 6. The first-order valence-electron chi connectivity index (χ1n) is 8.16. The fourth-order valence-electron chi connectivity index (χ4n) is 2.30. The standard InChI is InChI=1S/C18H22FNO5/c1-5-11(6-2)23-14-9-7-8-13(19)15(14)20-10-12-16(21)24-18(3,4)25-17(12)22/h7-11,20H,5-6H2,1-4H3. The van der Waals surface area contributed by atoms with E-state index in [9.17, 15) is 14.0 Å². The largest absolute Gasteiger partial charge is 0.488 e. The van der Waals surface area contributed by atoms with Crippen molar-refractivity contribution in [3.05, 3.63) is 35.8 Å². The number of cyclic esters (lactones) is 2. The zero-order valence-electron chi connectivity index (χ0n) is 14.7. The first-order chi connectivity index (χ1) is 11.8. The van der Waals surface area contributed by atoms with Gasteiger partial charge in [-0.1, -0.05) is 19.9 Å². The third kappa shape index (κ3) is 4.49. The molecule has 0 amide bonds. The zero-order valence-corrected chi connectivity index (χ0v) is 14.7. The first-order valence-corrected chi connectivity index (χ1v) is 8.16. The molecular formula is C18H22FNO5. The van der Waals surface area contributed by atoms with Gasteiger partial charge >= 0.3 is 11.9 Å². The number of halogens is 1. The van der Waals surface area contributed by atoms with E-state index < -0.39 is 23.5 Å². The monoisotopic (exact) mass is 351 g/mol. The van der Waals surface area contributed by atoms with Crippen LogP contribution < -0.4 is 10.1 Å². The minimum atomic E-state index is -1.33. The van der Waals surface area contributed by atoms with Crippen LogP contribution in [0.3, 0.4) is 0 Å². The molecule has 1 aliphatic heterocycles. The number of esters is 2. The minimum absolute atomic E-state index is 0.0346. The van der Waals surface area contributed by atoms with Crippen molar-refractivity contribution in [3.8, 4) is 5.75 Å². The molecule has 136 valence electrons. The van der Waals surface area contributed by atoms with E-state index in [4.69, 9.17) is 14.2 Å². The van der Waals surface area contributed by atoms with Crippen LogP contribution in [0.1, 0.15) is 40.5 Å². The quantitative estimate of drug-likeness (QED) is 0.480. The average Bonchev–Trinajstić information content (AvgIpc) is 2.52. The van der Waals surface area contributed by atoms with Gasteiger partial charge in [0.15, 0.2) is 5.57 Å². The topological polar surface area (TPSA) is 73.9 Å². The van der Waals surface area contributed by atoms with Gasteiger partial charge in [-0.3, -0.25) is 0 Å². The second-order valence-electron chi connectivity index (χ2n) is 6.05. The van der Waals surface area contributed by atoms with Gasteiger partial charge in [0, 0.05) is 20.0 Å². The number of carbonyl (C=O) groups excluding carboxylic acids is 2. The molecule has 1 saturated heterocycles. The molecule has 0 atom stereocenters. The molecule has 25 heavy (non-hydrogen) atoms. The molecule has 0 aromatic heterocycles. The summed E-state index contributed by atoms with van der Waals surface area (Å²) in [5, 5.41) is 2.63. The van der Waals surface area contributed by atoms with Gasteiger partial charge in [-0.25, -0.2) is 14.0 Å². The lowest BCUT2D eigenvalue weighted by Gasteiger charge is -2.29. The summed E-state index contributed by atoms with van der Waals surface area (Å²) in [6.45, 7) is 6.84. The maximum atomic E-state index is 14.2. The van der Waals surface area contributed by atoms with Gasteiger partial charge in [0.1, 0.15) is 17.3 Å². The van der Waals surface area contributed by atoms with Crippen LogP contribution in [0.5, 0.6) is 5.75 Å². The molecule has 1 aliphatic rings. The lowest BCUT2D eigenvalue weighted by Crippen LogP contribution is -2.42. The first kappa shape index (κ1) is 18.8. The van der Waals surface area contributed by atoms with Crippen LogP contribution in [0, 0.1) is 5.82 Å². The summed E-state index contributed by atoms with van der Waals surface area (Å²) in [6, 6.07) is 4.39. The SMILES string of the molecule is CCC(CC)Oc1cccc(F)c1NC=C1C(=O)OC(C)(C)OC1=O. The fraction of sp³-hybridized carbons (Fsp3) is 0.444. The van der Waals surface area contributed by atoms with Crippen LogP contribution in [-0.2, 0) is 19.1 Å². The van der Waals surface area contributed by atoms with Gasteiger partial charge in [0.25, 0.3) is 5.79 Å². The number of ether oxygens (including phenoxy) is 3. The van der Waals surface area contributed by atoms with Crippen molar-refractivity contribution in [1.29, 1.82) is 0 Å². The number of anilines is 1. The van der Waals surface area contributed by atoms with Crippen molar-refractivity contribution in [2.45, 2.75) is 52.4 Å². The van der Waals surface area contributed by atoms with Crippen LogP contribution in [0.25, 0.3) is 0 Å². The molecule has 6 nitrogen and oxygen atoms in total. The van der Waals surface area contributed by atoms with E-state index in [1.54, 1.807) is 6.07 Å². The molecule has 1 heterocycles. The van der Waals surface area contributed by atoms with Crippen molar-refractivity contribution in [2.75, 3.05) is 5.32 Å². The Labute approximate surface area is 145 Å². The second-order valence-corrected chi connectivity index (χ2v) is 6.05. The van der Waals surface area contributed by atoms with Gasteiger partial charge in [0.2, 0.25) is 0 Å². The number of benzene rings is 1. The Bertz CT molecular complexity index is 673. The van der Waals surface area contributed by atoms with Gasteiger partial charge in [-0.2, -0.15) is 0 Å². The van der Waals surface area contributed by atoms with Crippen molar-refractivity contribution in [1.82, 2.24) is 0 Å². The molecule has 2 rings (SSSR count). The average molecular weight is 351 g/mol. The Morgan fingerprint density at radius 3 is 2.36 bits per heavy atom. The smallest absolute Gasteiger partial charge is 0.350 e. The molecule has 0 bridgehead atoms. The van der Waals surface area contributed by atoms with Crippen LogP contribution in [0.2, 0.25) is 0 Å². The molecule has 0 radical (unpaired) electrons. The lowest BCUT2D eigenvalue weighted by molar-refractivity contribution is -0.222. The van der Waals surface area contributed by atoms with E-state index >= 15 is 0 Å². The molecular weight excluding hydrogens is 329 g/mol. The minimum Gasteiger partial charge on any atom is -0.488 e. The van der Waals surface area contributed by atoms with Crippen molar-refractivity contribution in [3.63, 3.8) is 0 Å². The molecule has 0 aliphatic carbocycles. The summed E-state index contributed by atoms with van der Waals surface area (Å²) in [7, 11) is 0. The molecule has 0 saturated carbocycles. The normalized spacial score (nSPS) is 16.3. The van der Waals surface area contributed by atoms with E-state index in [1.165, 1.54) is 26.0 Å². The summed E-state index contributed by atoms with van der Waals surface area (Å²) >= 11 is 0. The zero-order chi connectivity index (χ0) is 18.6. The van der Waals surface area contributed by atoms with Crippen LogP contribution in [-0.4, -0.2) is 23.8 Å². The van der Waals surface area contributed by atoms with Crippen molar-refractivity contribution in [2.24, 2.45) is 0 Å². The highest BCUT2D eigenvalue weighted by Crippen LogP contribution is 2.30. The van der Waals surface area contributed by atoms with E-state index in [0.717, 1.165) is 19.0 Å². The molecule has 1 N–H and O–H groups in total. The number of carbonyl (C=O) groups is 2. The summed E-state index contributed by atoms with van der Waals surface area (Å²) in [5.74, 6) is -3.28. The third-order valence-electron chi connectivity index (χ3n) is 3.66. The molecule has 1 aromatic rings. The van der Waals surface area contributed by atoms with Gasteiger partial charge < -0.3 is 19.5 Å². The van der Waals surface area contributed by atoms with Crippen LogP contribution in [0.4, 0.5) is 10.1 Å². The molecule has 7 heteroatoms. The Morgan fingerprint density at radius 1 is 1.20 bits per heavy atom. The van der Waals surface area contributed by atoms with E-state index in [0.29, 0.717) is 5.75 Å². The number of nitrogens with one attached hydrogen (secondary N) is 1. The summed E-state index contributed by atoms with van der Waals surface area (Å²) < 4.78 is 29.9. The summed E-state index contributed by atoms with van der Waals surface area (Å²) in [6.07, 6.45) is 2.53. The Morgan fingerprint density at radius 2 is 1.80 bits per heavy atom. The second kappa shape index (κ2) is 7.55. The molecule has 1 aromatic carbocycles. The number of rotatable bonds is 6. The maximum Gasteiger partial charge on any atom is 0.350 e. The lowest BCUT2D eigenvalue weighted by atomic mass is 10.2. The maximum absolute atomic E-state index is 14.2. The third-order valence-corrected chi connectivity index (χ3v) is 3.66. The number of para-hydroxylation sites is 1. The number of hydrogen-bond donors (Lipinski definition) is 1. The van der Waals surface area contributed by atoms with E-state index in [1.807, 2.05) is 13.8 Å². The highest BCUT2D eigenvalue weighted by atomic mass is 19.1. The molecule has 0 unspecified atom stereocenters.